The first-order valence-electron chi connectivity index (χ1n) is 6.34. The monoisotopic (exact) mass is 342 g/mol. The van der Waals surface area contributed by atoms with Crippen molar-refractivity contribution in [3.8, 4) is 16.9 Å². The molecule has 0 unspecified atom stereocenters. The maximum atomic E-state index is 11.2. The van der Waals surface area contributed by atoms with Gasteiger partial charge < -0.3 is 4.57 Å². The van der Waals surface area contributed by atoms with Crippen molar-refractivity contribution in [3.05, 3.63) is 81.4 Å². The number of nitrogens with zero attached hydrogens (tertiary/aromatic N) is 2. The summed E-state index contributed by atoms with van der Waals surface area (Å²) in [6, 6.07) is 18.3. The quantitative estimate of drug-likeness (QED) is 0.506. The Hall–Kier alpha value is -2.40. The highest BCUT2D eigenvalue weighted by molar-refractivity contribution is 9.10. The van der Waals surface area contributed by atoms with Gasteiger partial charge in [-0.25, -0.2) is 0 Å². The third kappa shape index (κ3) is 2.60. The molecule has 0 bridgehead atoms. The van der Waals surface area contributed by atoms with Gasteiger partial charge in [-0.3, -0.25) is 10.1 Å². The van der Waals surface area contributed by atoms with E-state index in [-0.39, 0.29) is 10.6 Å². The van der Waals surface area contributed by atoms with Gasteiger partial charge in [0.25, 0.3) is 5.69 Å². The standard InChI is InChI=1S/C16H11BrN2O2/c17-12-7-9-13(10-8-12)18-11-3-6-15(18)14-4-1-2-5-16(14)19(20)21/h1-11H. The number of hydrogen-bond donors (Lipinski definition) is 0. The molecule has 104 valence electrons. The largest absolute Gasteiger partial charge is 0.316 e. The summed E-state index contributed by atoms with van der Waals surface area (Å²) in [6.45, 7) is 0. The maximum absolute atomic E-state index is 11.2. The Kier molecular flexibility index (Phi) is 3.58. The normalized spacial score (nSPS) is 10.5. The van der Waals surface area contributed by atoms with Crippen molar-refractivity contribution < 1.29 is 4.92 Å². The van der Waals surface area contributed by atoms with Crippen LogP contribution in [0.2, 0.25) is 0 Å². The first-order valence-corrected chi connectivity index (χ1v) is 7.13. The van der Waals surface area contributed by atoms with E-state index in [2.05, 4.69) is 15.9 Å². The number of benzene rings is 2. The minimum atomic E-state index is -0.353. The summed E-state index contributed by atoms with van der Waals surface area (Å²) in [7, 11) is 0. The first-order chi connectivity index (χ1) is 10.2. The summed E-state index contributed by atoms with van der Waals surface area (Å²) in [6.07, 6.45) is 1.90. The van der Waals surface area contributed by atoms with E-state index in [1.807, 2.05) is 47.2 Å². The minimum absolute atomic E-state index is 0.106. The van der Waals surface area contributed by atoms with Crippen LogP contribution in [0.1, 0.15) is 0 Å². The molecule has 0 fully saturated rings. The second kappa shape index (κ2) is 5.54. The van der Waals surface area contributed by atoms with Crippen LogP contribution in [0.3, 0.4) is 0 Å². The smallest absolute Gasteiger partial charge is 0.278 e. The molecule has 2 aromatic carbocycles. The Morgan fingerprint density at radius 1 is 0.952 bits per heavy atom. The fourth-order valence-electron chi connectivity index (χ4n) is 2.28. The highest BCUT2D eigenvalue weighted by atomic mass is 79.9. The lowest BCUT2D eigenvalue weighted by Crippen LogP contribution is -1.98. The predicted molar refractivity (Wildman–Crippen MR) is 85.6 cm³/mol. The van der Waals surface area contributed by atoms with E-state index < -0.39 is 0 Å². The lowest BCUT2D eigenvalue weighted by molar-refractivity contribution is -0.384. The number of para-hydroxylation sites is 1. The van der Waals surface area contributed by atoms with E-state index in [0.29, 0.717) is 5.56 Å². The summed E-state index contributed by atoms with van der Waals surface area (Å²) >= 11 is 3.40. The average Bonchev–Trinajstić information content (AvgIpc) is 2.97. The van der Waals surface area contributed by atoms with E-state index in [9.17, 15) is 10.1 Å². The van der Waals surface area contributed by atoms with E-state index in [1.165, 1.54) is 6.07 Å². The van der Waals surface area contributed by atoms with Crippen molar-refractivity contribution in [2.24, 2.45) is 0 Å². The number of nitro benzene ring substituents is 1. The zero-order valence-electron chi connectivity index (χ0n) is 10.9. The zero-order chi connectivity index (χ0) is 14.8. The minimum Gasteiger partial charge on any atom is -0.316 e. The molecule has 1 heterocycles. The van der Waals surface area contributed by atoms with Crippen molar-refractivity contribution in [1.82, 2.24) is 4.57 Å². The van der Waals surface area contributed by atoms with E-state index in [4.69, 9.17) is 0 Å². The molecule has 0 atom stereocenters. The maximum Gasteiger partial charge on any atom is 0.278 e. The number of rotatable bonds is 3. The van der Waals surface area contributed by atoms with Gasteiger partial charge in [0.1, 0.15) is 0 Å². The Labute approximate surface area is 129 Å². The second-order valence-electron chi connectivity index (χ2n) is 4.51. The van der Waals surface area contributed by atoms with Gasteiger partial charge in [-0.05, 0) is 42.5 Å². The number of halogens is 1. The Balaban J connectivity index is 2.16. The molecule has 0 radical (unpaired) electrons. The fraction of sp³-hybridized carbons (Fsp3) is 0. The van der Waals surface area contributed by atoms with Gasteiger partial charge in [0, 0.05) is 22.4 Å². The lowest BCUT2D eigenvalue weighted by atomic mass is 10.1. The van der Waals surface area contributed by atoms with Gasteiger partial charge in [-0.1, -0.05) is 28.1 Å². The molecule has 0 amide bonds. The number of aromatic nitrogens is 1. The third-order valence-corrected chi connectivity index (χ3v) is 3.76. The molecule has 0 aliphatic carbocycles. The fourth-order valence-corrected chi connectivity index (χ4v) is 2.54. The van der Waals surface area contributed by atoms with Crippen LogP contribution < -0.4 is 0 Å². The van der Waals surface area contributed by atoms with Crippen LogP contribution in [-0.2, 0) is 0 Å². The van der Waals surface area contributed by atoms with Gasteiger partial charge in [0.15, 0.2) is 0 Å². The molecule has 0 spiro atoms. The topological polar surface area (TPSA) is 48.1 Å². The van der Waals surface area contributed by atoms with Crippen molar-refractivity contribution in [2.75, 3.05) is 0 Å². The van der Waals surface area contributed by atoms with Crippen molar-refractivity contribution in [1.29, 1.82) is 0 Å². The average molecular weight is 343 g/mol. The lowest BCUT2D eigenvalue weighted by Gasteiger charge is -2.10. The van der Waals surface area contributed by atoms with Crippen LogP contribution in [0.25, 0.3) is 16.9 Å². The molecule has 21 heavy (non-hydrogen) atoms. The summed E-state index contributed by atoms with van der Waals surface area (Å²) in [5.41, 5.74) is 2.46. The van der Waals surface area contributed by atoms with Gasteiger partial charge in [-0.2, -0.15) is 0 Å². The Bertz CT molecular complexity index is 794. The second-order valence-corrected chi connectivity index (χ2v) is 5.43. The molecule has 0 saturated carbocycles. The van der Waals surface area contributed by atoms with Crippen molar-refractivity contribution >= 4 is 21.6 Å². The zero-order valence-corrected chi connectivity index (χ0v) is 12.5. The van der Waals surface area contributed by atoms with Crippen molar-refractivity contribution in [3.63, 3.8) is 0 Å². The highest BCUT2D eigenvalue weighted by Crippen LogP contribution is 2.31. The SMILES string of the molecule is O=[N+]([O-])c1ccccc1-c1cccn1-c1ccc(Br)cc1. The van der Waals surface area contributed by atoms with Crippen LogP contribution in [-0.4, -0.2) is 9.49 Å². The van der Waals surface area contributed by atoms with Crippen LogP contribution in [0.5, 0.6) is 0 Å². The van der Waals surface area contributed by atoms with E-state index in [0.717, 1.165) is 15.9 Å². The van der Waals surface area contributed by atoms with Crippen LogP contribution in [0, 0.1) is 10.1 Å². The van der Waals surface area contributed by atoms with Crippen LogP contribution in [0.15, 0.2) is 71.3 Å². The van der Waals surface area contributed by atoms with E-state index >= 15 is 0 Å². The number of hydrogen-bond acceptors (Lipinski definition) is 2. The third-order valence-electron chi connectivity index (χ3n) is 3.23. The van der Waals surface area contributed by atoms with Crippen LogP contribution >= 0.6 is 15.9 Å². The van der Waals surface area contributed by atoms with Gasteiger partial charge in [0.05, 0.1) is 16.2 Å². The van der Waals surface area contributed by atoms with Crippen LogP contribution in [0.4, 0.5) is 5.69 Å². The van der Waals surface area contributed by atoms with Gasteiger partial charge in [0.2, 0.25) is 0 Å². The molecule has 0 aliphatic rings. The Morgan fingerprint density at radius 3 is 2.38 bits per heavy atom. The number of nitro groups is 1. The molecule has 3 rings (SSSR count). The first kappa shape index (κ1) is 13.6. The Morgan fingerprint density at radius 2 is 1.67 bits per heavy atom. The van der Waals surface area contributed by atoms with Gasteiger partial charge >= 0.3 is 0 Å². The summed E-state index contributed by atoms with van der Waals surface area (Å²) in [4.78, 5) is 10.8. The molecule has 5 heteroatoms. The van der Waals surface area contributed by atoms with E-state index in [1.54, 1.807) is 18.2 Å². The molecule has 1 aromatic heterocycles. The van der Waals surface area contributed by atoms with Gasteiger partial charge in [-0.15, -0.1) is 0 Å². The molecule has 0 N–H and O–H groups in total. The molecular weight excluding hydrogens is 332 g/mol. The molecular formula is C16H11BrN2O2. The molecule has 4 nitrogen and oxygen atoms in total. The summed E-state index contributed by atoms with van der Waals surface area (Å²) in [5.74, 6) is 0. The summed E-state index contributed by atoms with van der Waals surface area (Å²) < 4.78 is 2.93. The highest BCUT2D eigenvalue weighted by Gasteiger charge is 2.17. The predicted octanol–water partition coefficient (Wildman–Crippen LogP) is 4.82. The molecule has 0 aliphatic heterocycles. The molecule has 0 saturated heterocycles. The molecule has 3 aromatic rings. The van der Waals surface area contributed by atoms with Crippen molar-refractivity contribution in [2.45, 2.75) is 0 Å². The summed E-state index contributed by atoms with van der Waals surface area (Å²) in [5, 5.41) is 11.2.